The average molecular weight is 548 g/mol. The number of carbonyl (C=O) groups is 2. The van der Waals surface area contributed by atoms with Crippen LogP contribution in [-0.4, -0.2) is 36.8 Å². The standard InChI is InChI=1S/C9H8O4.3C6H11.Sn/c1-6(10)13-8-5-3-2-4-7(8)9(11)12;3*1-2-4-6-5-3-1;/h2-5H,1H3,(H,11,12);3*1H,2-6H2;. The molecule has 0 bridgehead atoms. The predicted octanol–water partition coefficient (Wildman–Crippen LogP) is 7.79. The third kappa shape index (κ3) is 7.77. The van der Waals surface area contributed by atoms with Crippen molar-refractivity contribution in [3.05, 3.63) is 29.8 Å². The number of hydrogen-bond acceptors (Lipinski definition) is 3. The van der Waals surface area contributed by atoms with Crippen molar-refractivity contribution in [1.82, 2.24) is 0 Å². The second-order valence-electron chi connectivity index (χ2n) is 9.90. The van der Waals surface area contributed by atoms with Crippen molar-refractivity contribution in [3.63, 3.8) is 0 Å². The van der Waals surface area contributed by atoms with Gasteiger partial charge in [0, 0.05) is 6.92 Å². The number of aromatic carboxylic acids is 1. The van der Waals surface area contributed by atoms with Crippen molar-refractivity contribution < 1.29 is 19.4 Å². The normalized spacial score (nSPS) is 20.9. The van der Waals surface area contributed by atoms with Gasteiger partial charge in [-0.05, 0) is 12.1 Å². The van der Waals surface area contributed by atoms with Crippen LogP contribution in [0.25, 0.3) is 0 Å². The van der Waals surface area contributed by atoms with Crippen molar-refractivity contribution >= 4 is 31.7 Å². The Bertz CT molecular complexity index is 673. The van der Waals surface area contributed by atoms with E-state index in [0.29, 0.717) is 0 Å². The molecule has 1 aromatic carbocycles. The fraction of sp³-hybridized carbons (Fsp3) is 0.704. The molecule has 177 valence electrons. The first kappa shape index (κ1) is 25.6. The number of esters is 1. The molecule has 0 aromatic heterocycles. The van der Waals surface area contributed by atoms with E-state index in [9.17, 15) is 9.59 Å². The Labute approximate surface area is 201 Å². The van der Waals surface area contributed by atoms with Crippen molar-refractivity contribution in [3.8, 4) is 5.75 Å². The van der Waals surface area contributed by atoms with E-state index in [0.717, 1.165) is 0 Å². The van der Waals surface area contributed by atoms with Gasteiger partial charge in [-0.25, -0.2) is 4.79 Å². The molecule has 1 radical (unpaired) electrons. The molecular weight excluding hydrogens is 507 g/mol. The maximum Gasteiger partial charge on any atom is 0.339 e. The molecular formula is C27H41O4Sn. The van der Waals surface area contributed by atoms with Crippen LogP contribution in [0.4, 0.5) is 0 Å². The number of carboxylic acid groups (broad SMARTS) is 1. The molecule has 0 unspecified atom stereocenters. The summed E-state index contributed by atoms with van der Waals surface area (Å²) in [5, 5.41) is 8.69. The average Bonchev–Trinajstić information content (AvgIpc) is 2.82. The molecule has 0 heterocycles. The zero-order valence-corrected chi connectivity index (χ0v) is 22.7. The van der Waals surface area contributed by atoms with Crippen LogP contribution in [0.5, 0.6) is 5.75 Å². The molecule has 0 atom stereocenters. The van der Waals surface area contributed by atoms with E-state index in [1.807, 2.05) is 0 Å². The Morgan fingerprint density at radius 3 is 1.53 bits per heavy atom. The number of carbonyl (C=O) groups excluding carboxylic acids is 1. The van der Waals surface area contributed by atoms with Gasteiger partial charge >= 0.3 is 140 Å². The second kappa shape index (κ2) is 13.6. The van der Waals surface area contributed by atoms with Crippen LogP contribution >= 0.6 is 0 Å². The molecule has 3 saturated carbocycles. The number of para-hydroxylation sites is 1. The summed E-state index contributed by atoms with van der Waals surface area (Å²) in [4.78, 5) is 21.2. The minimum Gasteiger partial charge on any atom is -0.478 e. The van der Waals surface area contributed by atoms with Crippen LogP contribution in [0.1, 0.15) is 114 Å². The topological polar surface area (TPSA) is 63.6 Å². The first-order chi connectivity index (χ1) is 15.6. The molecule has 32 heavy (non-hydrogen) atoms. The molecule has 3 aliphatic rings. The minimum absolute atomic E-state index is 0.0160. The predicted molar refractivity (Wildman–Crippen MR) is 131 cm³/mol. The van der Waals surface area contributed by atoms with Crippen molar-refractivity contribution in [2.75, 3.05) is 0 Å². The smallest absolute Gasteiger partial charge is 0.339 e. The molecule has 0 saturated heterocycles. The summed E-state index contributed by atoms with van der Waals surface area (Å²) >= 11 is -1.15. The van der Waals surface area contributed by atoms with Gasteiger partial charge in [0.2, 0.25) is 0 Å². The Morgan fingerprint density at radius 1 is 0.750 bits per heavy atom. The minimum atomic E-state index is -1.15. The van der Waals surface area contributed by atoms with Gasteiger partial charge < -0.3 is 9.84 Å². The summed E-state index contributed by atoms with van der Waals surface area (Å²) in [5.74, 6) is -1.58. The Balaban J connectivity index is 0.000000195. The zero-order valence-electron chi connectivity index (χ0n) is 19.8. The molecule has 1 aromatic rings. The molecule has 5 heteroatoms. The van der Waals surface area contributed by atoms with E-state index < -0.39 is 31.7 Å². The largest absolute Gasteiger partial charge is 0.478 e. The summed E-state index contributed by atoms with van der Waals surface area (Å²) in [6, 6.07) is 5.98. The Morgan fingerprint density at radius 2 is 1.16 bits per heavy atom. The van der Waals surface area contributed by atoms with Crippen LogP contribution in [0.2, 0.25) is 11.8 Å². The molecule has 4 nitrogen and oxygen atoms in total. The number of rotatable bonds is 5. The summed E-state index contributed by atoms with van der Waals surface area (Å²) in [6.45, 7) is 1.22. The molecule has 0 spiro atoms. The van der Waals surface area contributed by atoms with Crippen molar-refractivity contribution in [2.24, 2.45) is 0 Å². The second-order valence-corrected chi connectivity index (χ2v) is 19.7. The maximum absolute atomic E-state index is 10.6. The molecule has 0 amide bonds. The van der Waals surface area contributed by atoms with E-state index in [2.05, 4.69) is 4.74 Å². The van der Waals surface area contributed by atoms with Crippen LogP contribution in [-0.2, 0) is 4.79 Å². The van der Waals surface area contributed by atoms with Crippen LogP contribution in [0.15, 0.2) is 24.3 Å². The first-order valence-corrected chi connectivity index (χ1v) is 17.9. The summed E-state index contributed by atoms with van der Waals surface area (Å²) < 4.78 is 8.65. The first-order valence-electron chi connectivity index (χ1n) is 12.9. The van der Waals surface area contributed by atoms with E-state index in [-0.39, 0.29) is 11.3 Å². The molecule has 1 N–H and O–H groups in total. The van der Waals surface area contributed by atoms with E-state index in [4.69, 9.17) is 5.11 Å². The number of hydrogen-bond donors (Lipinski definition) is 1. The van der Waals surface area contributed by atoms with Crippen LogP contribution in [0.3, 0.4) is 0 Å². The fourth-order valence-corrected chi connectivity index (χ4v) is 21.1. The molecule has 4 rings (SSSR count). The molecule has 0 aliphatic heterocycles. The van der Waals surface area contributed by atoms with Gasteiger partial charge in [-0.3, -0.25) is 4.79 Å². The monoisotopic (exact) mass is 549 g/mol. The fourth-order valence-electron chi connectivity index (χ4n) is 6.19. The van der Waals surface area contributed by atoms with Crippen LogP contribution < -0.4 is 4.74 Å². The summed E-state index contributed by atoms with van der Waals surface area (Å²) in [7, 11) is 0. The van der Waals surface area contributed by atoms with Gasteiger partial charge in [-0.1, -0.05) is 12.1 Å². The van der Waals surface area contributed by atoms with Crippen molar-refractivity contribution in [1.29, 1.82) is 0 Å². The van der Waals surface area contributed by atoms with E-state index in [1.165, 1.54) is 30.9 Å². The number of carboxylic acids is 1. The molecule has 3 fully saturated rings. The Kier molecular flexibility index (Phi) is 10.9. The quantitative estimate of drug-likeness (QED) is 0.232. The number of ether oxygens (including phenoxy) is 1. The van der Waals surface area contributed by atoms with Crippen LogP contribution in [0, 0.1) is 0 Å². The van der Waals surface area contributed by atoms with Gasteiger partial charge in [-0.2, -0.15) is 0 Å². The Hall–Kier alpha value is -1.04. The zero-order chi connectivity index (χ0) is 22.8. The van der Waals surface area contributed by atoms with Crippen molar-refractivity contribution in [2.45, 2.75) is 115 Å². The summed E-state index contributed by atoms with van der Waals surface area (Å²) in [6.07, 6.45) is 24.2. The van der Waals surface area contributed by atoms with Gasteiger partial charge in [0.05, 0.1) is 0 Å². The third-order valence-corrected chi connectivity index (χ3v) is 20.6. The molecule has 3 aliphatic carbocycles. The van der Waals surface area contributed by atoms with E-state index in [1.54, 1.807) is 108 Å². The van der Waals surface area contributed by atoms with Gasteiger partial charge in [0.1, 0.15) is 11.3 Å². The number of benzene rings is 1. The maximum atomic E-state index is 10.6. The third-order valence-electron chi connectivity index (χ3n) is 7.60. The van der Waals surface area contributed by atoms with Gasteiger partial charge in [-0.15, -0.1) is 0 Å². The SMILES string of the molecule is C1CC[CH]([Sn]([CH]2CCCCC2)[CH]2CCCCC2)CC1.CC(=O)Oc1ccccc1C(=O)O. The summed E-state index contributed by atoms with van der Waals surface area (Å²) in [5.41, 5.74) is -0.0160. The van der Waals surface area contributed by atoms with Gasteiger partial charge in [0.25, 0.3) is 0 Å². The van der Waals surface area contributed by atoms with E-state index >= 15 is 0 Å². The van der Waals surface area contributed by atoms with Gasteiger partial charge in [0.15, 0.2) is 0 Å².